The molecule has 27 heavy (non-hydrogen) atoms. The molecule has 0 radical (unpaired) electrons. The minimum Gasteiger partial charge on any atom is -0.490 e. The second-order valence-corrected chi connectivity index (χ2v) is 5.52. The number of nitrogens with two attached hydrogens (primary N) is 1. The van der Waals surface area contributed by atoms with Gasteiger partial charge in [0.05, 0.1) is 25.2 Å². The number of rotatable bonds is 6. The fourth-order valence-corrected chi connectivity index (χ4v) is 2.80. The molecule has 0 spiro atoms. The monoisotopic (exact) mass is 368 g/mol. The van der Waals surface area contributed by atoms with Crippen molar-refractivity contribution in [3.8, 4) is 29.9 Å². The van der Waals surface area contributed by atoms with Gasteiger partial charge in [0.15, 0.2) is 11.5 Å². The predicted octanol–water partition coefficient (Wildman–Crippen LogP) is 2.35. The molecule has 7 nitrogen and oxygen atoms in total. The molecule has 1 atom stereocenters. The number of terminal acetylenes is 1. The van der Waals surface area contributed by atoms with Crippen molar-refractivity contribution in [1.82, 2.24) is 0 Å². The molecule has 2 N–H and O–H groups in total. The number of allylic oxidation sites excluding steroid dienone is 2. The number of ether oxygens (including phenoxy) is 4. The van der Waals surface area contributed by atoms with E-state index in [2.05, 4.69) is 5.92 Å². The Bertz CT molecular complexity index is 887. The van der Waals surface area contributed by atoms with Gasteiger partial charge in [0.2, 0.25) is 5.88 Å². The number of carbonyl (C=O) groups excluding carboxylic acids is 1. The van der Waals surface area contributed by atoms with Crippen molar-refractivity contribution in [1.29, 1.82) is 5.26 Å². The maximum atomic E-state index is 12.3. The minimum atomic E-state index is -0.753. The summed E-state index contributed by atoms with van der Waals surface area (Å²) >= 11 is 0. The van der Waals surface area contributed by atoms with Crippen LogP contribution >= 0.6 is 0 Å². The summed E-state index contributed by atoms with van der Waals surface area (Å²) in [5.41, 5.74) is 6.79. The van der Waals surface area contributed by atoms with Gasteiger partial charge in [0.1, 0.15) is 24.0 Å². The molecule has 0 fully saturated rings. The lowest BCUT2D eigenvalue weighted by molar-refractivity contribution is -0.136. The Balaban J connectivity index is 2.61. The van der Waals surface area contributed by atoms with Crippen molar-refractivity contribution in [2.75, 3.05) is 20.3 Å². The molecule has 0 saturated heterocycles. The lowest BCUT2D eigenvalue weighted by Gasteiger charge is -2.27. The van der Waals surface area contributed by atoms with Crippen molar-refractivity contribution in [2.45, 2.75) is 19.8 Å². The highest BCUT2D eigenvalue weighted by Crippen LogP contribution is 2.42. The zero-order chi connectivity index (χ0) is 20.0. The maximum Gasteiger partial charge on any atom is 0.338 e. The first-order valence-electron chi connectivity index (χ1n) is 8.18. The third kappa shape index (κ3) is 3.99. The van der Waals surface area contributed by atoms with Crippen LogP contribution in [0.15, 0.2) is 41.0 Å². The topological polar surface area (TPSA) is 104 Å². The summed E-state index contributed by atoms with van der Waals surface area (Å²) in [7, 11) is 1.26. The average Bonchev–Trinajstić information content (AvgIpc) is 2.66. The highest BCUT2D eigenvalue weighted by molar-refractivity contribution is 5.92. The summed E-state index contributed by atoms with van der Waals surface area (Å²) in [6.45, 7) is 3.90. The first kappa shape index (κ1) is 19.7. The first-order valence-corrected chi connectivity index (χ1v) is 8.18. The van der Waals surface area contributed by atoms with Crippen LogP contribution in [0, 0.1) is 23.7 Å². The highest BCUT2D eigenvalue weighted by Gasteiger charge is 2.36. The van der Waals surface area contributed by atoms with Gasteiger partial charge in [-0.25, -0.2) is 4.79 Å². The molecule has 1 aromatic rings. The second-order valence-electron chi connectivity index (χ2n) is 5.52. The Labute approximate surface area is 158 Å². The number of methoxy groups -OCH3 is 1. The second kappa shape index (κ2) is 8.68. The molecule has 0 aliphatic carbocycles. The molecule has 0 unspecified atom stereocenters. The molecule has 1 aliphatic rings. The molecule has 1 aromatic carbocycles. The van der Waals surface area contributed by atoms with Gasteiger partial charge >= 0.3 is 5.97 Å². The highest BCUT2D eigenvalue weighted by atomic mass is 16.5. The van der Waals surface area contributed by atoms with Gasteiger partial charge in [-0.2, -0.15) is 5.26 Å². The predicted molar refractivity (Wildman–Crippen MR) is 97.3 cm³/mol. The number of hydrogen-bond donors (Lipinski definition) is 1. The fraction of sp³-hybridized carbons (Fsp3) is 0.300. The van der Waals surface area contributed by atoms with Crippen molar-refractivity contribution < 1.29 is 23.7 Å². The third-order valence-corrected chi connectivity index (χ3v) is 3.92. The van der Waals surface area contributed by atoms with Gasteiger partial charge in [0.25, 0.3) is 0 Å². The van der Waals surface area contributed by atoms with E-state index in [1.807, 2.05) is 13.0 Å². The van der Waals surface area contributed by atoms with Gasteiger partial charge in [-0.3, -0.25) is 0 Å². The normalized spacial score (nSPS) is 16.1. The largest absolute Gasteiger partial charge is 0.490 e. The average molecular weight is 368 g/mol. The van der Waals surface area contributed by atoms with Gasteiger partial charge in [-0.15, -0.1) is 6.42 Å². The van der Waals surface area contributed by atoms with E-state index >= 15 is 0 Å². The van der Waals surface area contributed by atoms with Gasteiger partial charge in [-0.1, -0.05) is 12.0 Å². The summed E-state index contributed by atoms with van der Waals surface area (Å²) in [5.74, 6) is 2.14. The summed E-state index contributed by atoms with van der Waals surface area (Å²) in [6, 6.07) is 7.09. The number of carbonyl (C=O) groups is 1. The molecule has 0 bridgehead atoms. The van der Waals surface area contributed by atoms with Crippen molar-refractivity contribution in [3.63, 3.8) is 0 Å². The van der Waals surface area contributed by atoms with Crippen LogP contribution in [0.3, 0.4) is 0 Å². The molecule has 7 heteroatoms. The lowest BCUT2D eigenvalue weighted by atomic mass is 9.83. The zero-order valence-corrected chi connectivity index (χ0v) is 15.4. The van der Waals surface area contributed by atoms with Crippen LogP contribution in [-0.4, -0.2) is 26.3 Å². The van der Waals surface area contributed by atoms with E-state index in [0.29, 0.717) is 23.7 Å². The smallest absolute Gasteiger partial charge is 0.338 e. The standard InChI is InChI=1S/C20H20N2O5/c1-5-9-26-15-8-7-13(10-16(15)25-6-2)18-14(11-21)19(22)27-12(3)17(18)20(23)24-4/h1,7-8,10,18H,6,9,22H2,2-4H3/t18-/m1/s1. The molecular weight excluding hydrogens is 348 g/mol. The van der Waals surface area contributed by atoms with Crippen LogP contribution in [-0.2, 0) is 14.3 Å². The summed E-state index contributed by atoms with van der Waals surface area (Å²) < 4.78 is 21.3. The number of nitrogens with zero attached hydrogens (tertiary/aromatic N) is 1. The molecule has 140 valence electrons. The van der Waals surface area contributed by atoms with E-state index in [9.17, 15) is 10.1 Å². The quantitative estimate of drug-likeness (QED) is 0.607. The van der Waals surface area contributed by atoms with E-state index in [-0.39, 0.29) is 29.4 Å². The Hall–Kier alpha value is -3.58. The van der Waals surface area contributed by atoms with Crippen LogP contribution in [0.4, 0.5) is 0 Å². The number of nitriles is 1. The summed E-state index contributed by atoms with van der Waals surface area (Å²) in [6.07, 6.45) is 5.24. The Kier molecular flexibility index (Phi) is 6.35. The van der Waals surface area contributed by atoms with E-state index in [4.69, 9.17) is 31.1 Å². The van der Waals surface area contributed by atoms with E-state index in [1.165, 1.54) is 7.11 Å². The lowest BCUT2D eigenvalue weighted by Crippen LogP contribution is -2.25. The van der Waals surface area contributed by atoms with E-state index < -0.39 is 11.9 Å². The van der Waals surface area contributed by atoms with E-state index in [1.54, 1.807) is 25.1 Å². The van der Waals surface area contributed by atoms with Crippen LogP contribution in [0.5, 0.6) is 11.5 Å². The molecule has 1 heterocycles. The molecular formula is C20H20N2O5. The van der Waals surface area contributed by atoms with E-state index in [0.717, 1.165) is 0 Å². The number of esters is 1. The first-order chi connectivity index (χ1) is 13.0. The van der Waals surface area contributed by atoms with Crippen LogP contribution in [0.2, 0.25) is 0 Å². The molecule has 2 rings (SSSR count). The van der Waals surface area contributed by atoms with Crippen molar-refractivity contribution in [3.05, 3.63) is 46.6 Å². The molecule has 0 aromatic heterocycles. The van der Waals surface area contributed by atoms with Gasteiger partial charge < -0.3 is 24.7 Å². The van der Waals surface area contributed by atoms with Crippen LogP contribution < -0.4 is 15.2 Å². The minimum absolute atomic E-state index is 0.0572. The number of benzene rings is 1. The Morgan fingerprint density at radius 2 is 2.11 bits per heavy atom. The van der Waals surface area contributed by atoms with Crippen molar-refractivity contribution in [2.24, 2.45) is 5.73 Å². The van der Waals surface area contributed by atoms with Crippen LogP contribution in [0.25, 0.3) is 0 Å². The Morgan fingerprint density at radius 3 is 2.70 bits per heavy atom. The fourth-order valence-electron chi connectivity index (χ4n) is 2.80. The maximum absolute atomic E-state index is 12.3. The number of hydrogen-bond acceptors (Lipinski definition) is 7. The summed E-state index contributed by atoms with van der Waals surface area (Å²) in [4.78, 5) is 12.3. The molecule has 0 saturated carbocycles. The van der Waals surface area contributed by atoms with Gasteiger partial charge in [-0.05, 0) is 31.5 Å². The van der Waals surface area contributed by atoms with Crippen LogP contribution in [0.1, 0.15) is 25.3 Å². The SMILES string of the molecule is C#CCOc1ccc([C@@H]2C(C#N)=C(N)OC(C)=C2C(=O)OC)cc1OCC. The third-order valence-electron chi connectivity index (χ3n) is 3.92. The summed E-state index contributed by atoms with van der Waals surface area (Å²) in [5, 5.41) is 9.57. The zero-order valence-electron chi connectivity index (χ0n) is 15.4. The molecule has 1 aliphatic heterocycles. The van der Waals surface area contributed by atoms with Crippen molar-refractivity contribution >= 4 is 5.97 Å². The van der Waals surface area contributed by atoms with Gasteiger partial charge in [0, 0.05) is 0 Å². The molecule has 0 amide bonds. The Morgan fingerprint density at radius 1 is 1.37 bits per heavy atom.